The van der Waals surface area contributed by atoms with Gasteiger partial charge in [-0.05, 0) is 95.2 Å². The molecular weight excluding hydrogens is 364 g/mol. The summed E-state index contributed by atoms with van der Waals surface area (Å²) in [6, 6.07) is 4.34. The Hall–Kier alpha value is 0.470. The molecule has 21 heavy (non-hydrogen) atoms. The van der Waals surface area contributed by atoms with Gasteiger partial charge < -0.3 is 0 Å². The van der Waals surface area contributed by atoms with Crippen molar-refractivity contribution in [3.05, 3.63) is 20.8 Å². The fourth-order valence-electron chi connectivity index (χ4n) is 6.89. The standard InChI is InChI=1S/C18H24BrClS/c1-16-5-12-6-17(2,9-16)11-18(7-12,10-16)8-13(20)14-3-4-15(19)21-14/h3-4,12-13H,5-11H2,1-2H3. The van der Waals surface area contributed by atoms with Crippen molar-refractivity contribution >= 4 is 38.9 Å². The molecule has 0 nitrogen and oxygen atoms in total. The van der Waals surface area contributed by atoms with Crippen LogP contribution in [0.25, 0.3) is 0 Å². The van der Waals surface area contributed by atoms with Crippen LogP contribution in [0.15, 0.2) is 15.9 Å². The molecule has 1 aromatic heterocycles. The maximum Gasteiger partial charge on any atom is 0.0701 e. The monoisotopic (exact) mass is 386 g/mol. The van der Waals surface area contributed by atoms with Crippen molar-refractivity contribution < 1.29 is 0 Å². The minimum atomic E-state index is 0.199. The lowest BCUT2D eigenvalue weighted by atomic mass is 9.40. The normalized spacial score (nSPS) is 46.0. The Kier molecular flexibility index (Phi) is 3.39. The number of rotatable bonds is 3. The largest absolute Gasteiger partial charge is 0.132 e. The summed E-state index contributed by atoms with van der Waals surface area (Å²) in [6.07, 6.45) is 9.86. The molecule has 0 radical (unpaired) electrons. The maximum atomic E-state index is 6.84. The number of hydrogen-bond acceptors (Lipinski definition) is 1. The first-order valence-corrected chi connectivity index (χ1v) is 10.2. The third kappa shape index (κ3) is 2.64. The quantitative estimate of drug-likeness (QED) is 0.482. The van der Waals surface area contributed by atoms with E-state index in [2.05, 4.69) is 41.9 Å². The molecule has 0 spiro atoms. The molecule has 116 valence electrons. The molecule has 4 fully saturated rings. The van der Waals surface area contributed by atoms with Crippen LogP contribution in [0.3, 0.4) is 0 Å². The molecule has 0 aliphatic heterocycles. The predicted octanol–water partition coefficient (Wildman–Crippen LogP) is 7.18. The summed E-state index contributed by atoms with van der Waals surface area (Å²) >= 11 is 12.2. The van der Waals surface area contributed by atoms with Crippen LogP contribution < -0.4 is 0 Å². The van der Waals surface area contributed by atoms with Crippen LogP contribution in [0.1, 0.15) is 69.0 Å². The summed E-state index contributed by atoms with van der Waals surface area (Å²) < 4.78 is 1.20. The van der Waals surface area contributed by atoms with Crippen molar-refractivity contribution in [2.45, 2.75) is 64.2 Å². The lowest BCUT2D eigenvalue weighted by Crippen LogP contribution is -2.55. The van der Waals surface area contributed by atoms with E-state index in [0.29, 0.717) is 16.2 Å². The summed E-state index contributed by atoms with van der Waals surface area (Å²) in [7, 11) is 0. The van der Waals surface area contributed by atoms with Gasteiger partial charge in [-0.3, -0.25) is 0 Å². The lowest BCUT2D eigenvalue weighted by molar-refractivity contribution is -0.147. The second-order valence-corrected chi connectivity index (χ2v) is 12.0. The van der Waals surface area contributed by atoms with E-state index in [1.165, 1.54) is 53.6 Å². The van der Waals surface area contributed by atoms with Gasteiger partial charge in [-0.2, -0.15) is 0 Å². The summed E-state index contributed by atoms with van der Waals surface area (Å²) in [5.74, 6) is 0.968. The molecule has 0 saturated heterocycles. The molecule has 3 unspecified atom stereocenters. The highest BCUT2D eigenvalue weighted by Gasteiger charge is 2.60. The van der Waals surface area contributed by atoms with Crippen LogP contribution in [-0.2, 0) is 0 Å². The SMILES string of the molecule is CC12CC3CC(C)(C1)CC(CC(Cl)c1ccc(Br)s1)(C3)C2. The van der Waals surface area contributed by atoms with Gasteiger partial charge in [0.2, 0.25) is 0 Å². The molecule has 5 rings (SSSR count). The van der Waals surface area contributed by atoms with E-state index >= 15 is 0 Å². The van der Waals surface area contributed by atoms with Crippen molar-refractivity contribution in [2.75, 3.05) is 0 Å². The van der Waals surface area contributed by atoms with Gasteiger partial charge in [0.15, 0.2) is 0 Å². The van der Waals surface area contributed by atoms with Crippen molar-refractivity contribution in [3.8, 4) is 0 Å². The number of hydrogen-bond donors (Lipinski definition) is 0. The van der Waals surface area contributed by atoms with E-state index in [1.807, 2.05) is 11.3 Å². The van der Waals surface area contributed by atoms with Gasteiger partial charge in [-0.1, -0.05) is 13.8 Å². The van der Waals surface area contributed by atoms with Crippen molar-refractivity contribution in [1.29, 1.82) is 0 Å². The minimum absolute atomic E-state index is 0.199. The van der Waals surface area contributed by atoms with Gasteiger partial charge in [-0.15, -0.1) is 22.9 Å². The third-order valence-corrected chi connectivity index (χ3v) is 8.51. The maximum absolute atomic E-state index is 6.84. The molecule has 4 bridgehead atoms. The third-order valence-electron chi connectivity index (χ3n) is 6.26. The smallest absolute Gasteiger partial charge is 0.0701 e. The second kappa shape index (κ2) is 4.74. The highest BCUT2D eigenvalue weighted by Crippen LogP contribution is 2.71. The van der Waals surface area contributed by atoms with Crippen LogP contribution in [0, 0.1) is 22.2 Å². The minimum Gasteiger partial charge on any atom is -0.132 e. The average Bonchev–Trinajstić information content (AvgIpc) is 2.70. The van der Waals surface area contributed by atoms with Gasteiger partial charge in [0.05, 0.1) is 9.16 Å². The fourth-order valence-corrected chi connectivity index (χ4v) is 8.82. The number of halogens is 2. The van der Waals surface area contributed by atoms with Gasteiger partial charge in [0.1, 0.15) is 0 Å². The Balaban J connectivity index is 1.59. The van der Waals surface area contributed by atoms with Crippen LogP contribution in [-0.4, -0.2) is 0 Å². The molecule has 4 aliphatic carbocycles. The van der Waals surface area contributed by atoms with E-state index in [0.717, 1.165) is 5.92 Å². The Morgan fingerprint density at radius 3 is 2.38 bits per heavy atom. The summed E-state index contributed by atoms with van der Waals surface area (Å²) in [4.78, 5) is 1.34. The summed E-state index contributed by atoms with van der Waals surface area (Å²) in [5, 5.41) is 0.199. The fraction of sp³-hybridized carbons (Fsp3) is 0.778. The molecular formula is C18H24BrClS. The highest BCUT2D eigenvalue weighted by molar-refractivity contribution is 9.11. The Bertz CT molecular complexity index is 547. The Morgan fingerprint density at radius 2 is 1.86 bits per heavy atom. The second-order valence-electron chi connectivity index (χ2n) is 8.94. The predicted molar refractivity (Wildman–Crippen MR) is 95.1 cm³/mol. The van der Waals surface area contributed by atoms with E-state index in [1.54, 1.807) is 0 Å². The zero-order valence-corrected chi connectivity index (χ0v) is 16.1. The molecule has 0 aromatic carbocycles. The molecule has 3 heteroatoms. The lowest BCUT2D eigenvalue weighted by Gasteiger charge is -2.66. The zero-order valence-electron chi connectivity index (χ0n) is 12.9. The van der Waals surface area contributed by atoms with Crippen molar-refractivity contribution in [3.63, 3.8) is 0 Å². The van der Waals surface area contributed by atoms with Crippen molar-refractivity contribution in [2.24, 2.45) is 22.2 Å². The molecule has 4 aliphatic rings. The molecule has 4 saturated carbocycles. The van der Waals surface area contributed by atoms with E-state index in [9.17, 15) is 0 Å². The van der Waals surface area contributed by atoms with Crippen LogP contribution in [0.4, 0.5) is 0 Å². The summed E-state index contributed by atoms with van der Waals surface area (Å²) in [5.41, 5.74) is 1.72. The average molecular weight is 388 g/mol. The Morgan fingerprint density at radius 1 is 1.19 bits per heavy atom. The highest BCUT2D eigenvalue weighted by atomic mass is 79.9. The van der Waals surface area contributed by atoms with Crippen molar-refractivity contribution in [1.82, 2.24) is 0 Å². The molecule has 0 amide bonds. The Labute approximate surface area is 145 Å². The van der Waals surface area contributed by atoms with Gasteiger partial charge in [-0.25, -0.2) is 0 Å². The molecule has 1 heterocycles. The van der Waals surface area contributed by atoms with Crippen LogP contribution >= 0.6 is 38.9 Å². The van der Waals surface area contributed by atoms with E-state index in [4.69, 9.17) is 11.6 Å². The van der Waals surface area contributed by atoms with Gasteiger partial charge >= 0.3 is 0 Å². The first kappa shape index (κ1) is 15.0. The molecule has 1 aromatic rings. The summed E-state index contributed by atoms with van der Waals surface area (Å²) in [6.45, 7) is 5.10. The topological polar surface area (TPSA) is 0 Å². The first-order valence-electron chi connectivity index (χ1n) is 8.18. The van der Waals surface area contributed by atoms with Crippen LogP contribution in [0.5, 0.6) is 0 Å². The van der Waals surface area contributed by atoms with Gasteiger partial charge in [0.25, 0.3) is 0 Å². The number of alkyl halides is 1. The van der Waals surface area contributed by atoms with Gasteiger partial charge in [0, 0.05) is 4.88 Å². The number of thiophene rings is 1. The first-order chi connectivity index (χ1) is 9.79. The molecule has 0 N–H and O–H groups in total. The van der Waals surface area contributed by atoms with Crippen LogP contribution in [0.2, 0.25) is 0 Å². The van der Waals surface area contributed by atoms with E-state index in [-0.39, 0.29) is 5.38 Å². The van der Waals surface area contributed by atoms with E-state index < -0.39 is 0 Å². The molecule has 3 atom stereocenters. The zero-order chi connectivity index (χ0) is 14.9.